The van der Waals surface area contributed by atoms with Crippen molar-refractivity contribution in [2.24, 2.45) is 5.73 Å². The molecule has 1 aromatic carbocycles. The van der Waals surface area contributed by atoms with E-state index in [0.29, 0.717) is 19.6 Å². The second-order valence-electron chi connectivity index (χ2n) is 5.13. The summed E-state index contributed by atoms with van der Waals surface area (Å²) in [5.74, 6) is -0.00997. The first kappa shape index (κ1) is 16.4. The van der Waals surface area contributed by atoms with Crippen molar-refractivity contribution in [1.82, 2.24) is 9.62 Å². The summed E-state index contributed by atoms with van der Waals surface area (Å²) < 4.78 is 32.0. The van der Waals surface area contributed by atoms with E-state index >= 15 is 0 Å². The van der Waals surface area contributed by atoms with Crippen LogP contribution < -0.4 is 10.5 Å². The van der Waals surface area contributed by atoms with E-state index in [1.54, 1.807) is 6.07 Å². The number of ether oxygens (including phenoxy) is 1. The number of benzene rings is 1. The van der Waals surface area contributed by atoms with Crippen LogP contribution in [0.2, 0.25) is 0 Å². The van der Waals surface area contributed by atoms with E-state index in [0.717, 1.165) is 37.4 Å². The molecular formula is C14H23N3O3S. The molecule has 7 heteroatoms. The van der Waals surface area contributed by atoms with Crippen molar-refractivity contribution < 1.29 is 13.2 Å². The van der Waals surface area contributed by atoms with Crippen molar-refractivity contribution in [1.29, 1.82) is 0 Å². The Morgan fingerprint density at radius 1 is 1.24 bits per heavy atom. The molecule has 21 heavy (non-hydrogen) atoms. The van der Waals surface area contributed by atoms with Crippen LogP contribution in [0, 0.1) is 0 Å². The second kappa shape index (κ2) is 7.86. The summed E-state index contributed by atoms with van der Waals surface area (Å²) in [5.41, 5.74) is 7.27. The maximum Gasteiger partial charge on any atom is 0.215 e. The Bertz CT molecular complexity index is 542. The van der Waals surface area contributed by atoms with E-state index in [4.69, 9.17) is 10.5 Å². The quantitative estimate of drug-likeness (QED) is 0.734. The van der Waals surface area contributed by atoms with Crippen molar-refractivity contribution in [2.75, 3.05) is 39.4 Å². The number of rotatable bonds is 7. The average molecular weight is 313 g/mol. The molecule has 0 aliphatic carbocycles. The van der Waals surface area contributed by atoms with Gasteiger partial charge in [-0.3, -0.25) is 4.90 Å². The van der Waals surface area contributed by atoms with Gasteiger partial charge >= 0.3 is 0 Å². The minimum atomic E-state index is -3.31. The maximum absolute atomic E-state index is 12.1. The zero-order valence-corrected chi connectivity index (χ0v) is 12.9. The number of nitrogens with one attached hydrogen (secondary N) is 1. The molecule has 1 aliphatic heterocycles. The lowest BCUT2D eigenvalue weighted by Crippen LogP contribution is -2.41. The zero-order chi connectivity index (χ0) is 15.1. The molecule has 118 valence electrons. The van der Waals surface area contributed by atoms with E-state index < -0.39 is 10.0 Å². The second-order valence-corrected chi connectivity index (χ2v) is 6.94. The van der Waals surface area contributed by atoms with Gasteiger partial charge in [0.1, 0.15) is 0 Å². The van der Waals surface area contributed by atoms with Gasteiger partial charge in [-0.15, -0.1) is 0 Å². The number of nitrogens with two attached hydrogens (primary N) is 1. The van der Waals surface area contributed by atoms with Gasteiger partial charge in [0.15, 0.2) is 0 Å². The molecule has 1 aromatic rings. The van der Waals surface area contributed by atoms with Gasteiger partial charge in [-0.05, 0) is 11.1 Å². The largest absolute Gasteiger partial charge is 0.379 e. The van der Waals surface area contributed by atoms with Gasteiger partial charge in [0, 0.05) is 32.7 Å². The third kappa shape index (κ3) is 5.72. The van der Waals surface area contributed by atoms with E-state index in [-0.39, 0.29) is 5.75 Å². The summed E-state index contributed by atoms with van der Waals surface area (Å²) in [6.45, 7) is 4.72. The number of hydrogen-bond donors (Lipinski definition) is 2. The lowest BCUT2D eigenvalue weighted by molar-refractivity contribution is 0.0390. The highest BCUT2D eigenvalue weighted by atomic mass is 32.2. The lowest BCUT2D eigenvalue weighted by atomic mass is 10.1. The molecule has 0 spiro atoms. The van der Waals surface area contributed by atoms with Crippen LogP contribution in [-0.4, -0.2) is 52.7 Å². The van der Waals surface area contributed by atoms with E-state index in [1.807, 2.05) is 18.2 Å². The van der Waals surface area contributed by atoms with Crippen molar-refractivity contribution in [3.8, 4) is 0 Å². The Morgan fingerprint density at radius 3 is 2.67 bits per heavy atom. The fraction of sp³-hybridized carbons (Fsp3) is 0.571. The van der Waals surface area contributed by atoms with Crippen LogP contribution in [0.15, 0.2) is 24.3 Å². The minimum Gasteiger partial charge on any atom is -0.379 e. The molecule has 1 heterocycles. The van der Waals surface area contributed by atoms with Crippen LogP contribution >= 0.6 is 0 Å². The van der Waals surface area contributed by atoms with Gasteiger partial charge in [-0.25, -0.2) is 13.1 Å². The van der Waals surface area contributed by atoms with Gasteiger partial charge in [-0.2, -0.15) is 0 Å². The summed E-state index contributed by atoms with van der Waals surface area (Å²) in [6.07, 6.45) is 0. The highest BCUT2D eigenvalue weighted by Gasteiger charge is 2.14. The van der Waals surface area contributed by atoms with Crippen LogP contribution in [0.1, 0.15) is 11.1 Å². The molecule has 1 fully saturated rings. The Morgan fingerprint density at radius 2 is 1.95 bits per heavy atom. The lowest BCUT2D eigenvalue weighted by Gasteiger charge is -2.26. The predicted molar refractivity (Wildman–Crippen MR) is 82.2 cm³/mol. The van der Waals surface area contributed by atoms with Crippen molar-refractivity contribution in [3.63, 3.8) is 0 Å². The van der Waals surface area contributed by atoms with Gasteiger partial charge in [0.25, 0.3) is 0 Å². The molecular weight excluding hydrogens is 290 g/mol. The van der Waals surface area contributed by atoms with Gasteiger partial charge in [-0.1, -0.05) is 24.3 Å². The van der Waals surface area contributed by atoms with Crippen LogP contribution in [-0.2, 0) is 27.1 Å². The maximum atomic E-state index is 12.1. The van der Waals surface area contributed by atoms with E-state index in [1.165, 1.54) is 0 Å². The standard InChI is InChI=1S/C14H23N3O3S/c15-11-13-2-1-3-14(10-13)12-21(18,19)16-4-5-17-6-8-20-9-7-17/h1-3,10,16H,4-9,11-12,15H2. The number of sulfonamides is 1. The fourth-order valence-electron chi connectivity index (χ4n) is 2.30. The molecule has 6 nitrogen and oxygen atoms in total. The van der Waals surface area contributed by atoms with E-state index in [9.17, 15) is 8.42 Å². The molecule has 0 atom stereocenters. The van der Waals surface area contributed by atoms with Gasteiger partial charge < -0.3 is 10.5 Å². The van der Waals surface area contributed by atoms with Crippen LogP contribution in [0.25, 0.3) is 0 Å². The number of hydrogen-bond acceptors (Lipinski definition) is 5. The Balaban J connectivity index is 1.80. The number of nitrogens with zero attached hydrogens (tertiary/aromatic N) is 1. The van der Waals surface area contributed by atoms with Crippen molar-refractivity contribution in [3.05, 3.63) is 35.4 Å². The molecule has 0 bridgehead atoms. The third-order valence-electron chi connectivity index (χ3n) is 3.44. The SMILES string of the molecule is NCc1cccc(CS(=O)(=O)NCCN2CCOCC2)c1. The van der Waals surface area contributed by atoms with Crippen molar-refractivity contribution >= 4 is 10.0 Å². The first-order valence-corrected chi connectivity index (χ1v) is 8.79. The van der Waals surface area contributed by atoms with Crippen LogP contribution in [0.5, 0.6) is 0 Å². The Hall–Kier alpha value is -0.990. The summed E-state index contributed by atoms with van der Waals surface area (Å²) in [5, 5.41) is 0. The smallest absolute Gasteiger partial charge is 0.215 e. The summed E-state index contributed by atoms with van der Waals surface area (Å²) in [7, 11) is -3.31. The molecule has 1 saturated heterocycles. The molecule has 0 amide bonds. The summed E-state index contributed by atoms with van der Waals surface area (Å²) in [4.78, 5) is 2.20. The van der Waals surface area contributed by atoms with E-state index in [2.05, 4.69) is 9.62 Å². The molecule has 1 aliphatic rings. The summed E-state index contributed by atoms with van der Waals surface area (Å²) in [6, 6.07) is 7.37. The molecule has 0 aromatic heterocycles. The number of morpholine rings is 1. The Kier molecular flexibility index (Phi) is 6.13. The first-order valence-electron chi connectivity index (χ1n) is 7.14. The molecule has 0 radical (unpaired) electrons. The molecule has 0 saturated carbocycles. The van der Waals surface area contributed by atoms with Crippen LogP contribution in [0.4, 0.5) is 0 Å². The normalized spacial score (nSPS) is 17.0. The highest BCUT2D eigenvalue weighted by molar-refractivity contribution is 7.88. The van der Waals surface area contributed by atoms with Gasteiger partial charge in [0.2, 0.25) is 10.0 Å². The molecule has 3 N–H and O–H groups in total. The highest BCUT2D eigenvalue weighted by Crippen LogP contribution is 2.08. The predicted octanol–water partition coefficient (Wildman–Crippen LogP) is -0.103. The minimum absolute atomic E-state index is 0.00997. The van der Waals surface area contributed by atoms with Gasteiger partial charge in [0.05, 0.1) is 19.0 Å². The molecule has 2 rings (SSSR count). The first-order chi connectivity index (χ1) is 10.1. The summed E-state index contributed by atoms with van der Waals surface area (Å²) >= 11 is 0. The average Bonchev–Trinajstić information content (AvgIpc) is 2.48. The fourth-order valence-corrected chi connectivity index (χ4v) is 3.42. The Labute approximate surface area is 126 Å². The van der Waals surface area contributed by atoms with Crippen molar-refractivity contribution in [2.45, 2.75) is 12.3 Å². The molecule has 0 unspecified atom stereocenters. The monoisotopic (exact) mass is 313 g/mol. The third-order valence-corrected chi connectivity index (χ3v) is 4.79. The zero-order valence-electron chi connectivity index (χ0n) is 12.1. The topological polar surface area (TPSA) is 84.7 Å². The van der Waals surface area contributed by atoms with Crippen LogP contribution in [0.3, 0.4) is 0 Å².